The molecule has 0 radical (unpaired) electrons. The summed E-state index contributed by atoms with van der Waals surface area (Å²) in [6.45, 7) is 9.72. The fraction of sp³-hybridized carbons (Fsp3) is 0.769. The smallest absolute Gasteiger partial charge is 0.399 e. The molecule has 0 unspecified atom stereocenters. The number of ether oxygens (including phenoxy) is 1. The van der Waals surface area contributed by atoms with Gasteiger partial charge in [-0.15, -0.1) is 0 Å². The molecule has 1 aliphatic heterocycles. The molecule has 0 amide bonds. The van der Waals surface area contributed by atoms with Crippen molar-refractivity contribution in [2.24, 2.45) is 0 Å². The molecule has 0 aromatic carbocycles. The van der Waals surface area contributed by atoms with Gasteiger partial charge in [0.15, 0.2) is 0 Å². The summed E-state index contributed by atoms with van der Waals surface area (Å²) < 4.78 is 16.8. The standard InChI is InChI=1S/C13H25BN2O3/c1-12(2)13(3,4)19-14(18-12)11(9-15)10-16-7-6-8-17-5/h9-10,15-16H,6-8H2,1-5H3/p+1/b11-10+,15-9?. The van der Waals surface area contributed by atoms with Gasteiger partial charge in [0.2, 0.25) is 0 Å². The van der Waals surface area contributed by atoms with Gasteiger partial charge in [-0.1, -0.05) is 0 Å². The molecule has 0 bridgehead atoms. The molecular weight excluding hydrogens is 243 g/mol. The number of nitrogens with two attached hydrogens (primary N) is 1. The molecular formula is C13H26BN2O3+. The predicted molar refractivity (Wildman–Crippen MR) is 76.2 cm³/mol. The van der Waals surface area contributed by atoms with Crippen molar-refractivity contribution in [1.82, 2.24) is 0 Å². The van der Waals surface area contributed by atoms with Crippen LogP contribution in [-0.4, -0.2) is 44.8 Å². The Morgan fingerprint density at radius 1 is 1.26 bits per heavy atom. The van der Waals surface area contributed by atoms with E-state index in [0.717, 1.165) is 25.0 Å². The van der Waals surface area contributed by atoms with Gasteiger partial charge in [0.1, 0.15) is 0 Å². The first kappa shape index (κ1) is 16.4. The molecule has 1 aliphatic rings. The van der Waals surface area contributed by atoms with Crippen LogP contribution in [0.3, 0.4) is 0 Å². The minimum Gasteiger partial charge on any atom is -0.399 e. The molecule has 0 aromatic rings. The second-order valence-corrected chi connectivity index (χ2v) is 5.77. The van der Waals surface area contributed by atoms with Crippen molar-refractivity contribution in [1.29, 1.82) is 5.41 Å². The molecule has 1 heterocycles. The van der Waals surface area contributed by atoms with Crippen molar-refractivity contribution in [2.45, 2.75) is 45.3 Å². The number of hydrogen-bond acceptors (Lipinski definition) is 4. The zero-order valence-corrected chi connectivity index (χ0v) is 12.7. The average Bonchev–Trinajstić information content (AvgIpc) is 2.53. The minimum atomic E-state index is -0.457. The van der Waals surface area contributed by atoms with Crippen molar-refractivity contribution in [2.75, 3.05) is 20.3 Å². The van der Waals surface area contributed by atoms with Crippen LogP contribution >= 0.6 is 0 Å². The van der Waals surface area contributed by atoms with Gasteiger partial charge in [0.25, 0.3) is 0 Å². The van der Waals surface area contributed by atoms with Crippen molar-refractivity contribution in [3.05, 3.63) is 11.7 Å². The Labute approximate surface area is 116 Å². The van der Waals surface area contributed by atoms with E-state index < -0.39 is 7.12 Å². The van der Waals surface area contributed by atoms with E-state index >= 15 is 0 Å². The summed E-state index contributed by atoms with van der Waals surface area (Å²) >= 11 is 0. The normalized spacial score (nSPS) is 21.7. The van der Waals surface area contributed by atoms with Crippen LogP contribution < -0.4 is 5.32 Å². The van der Waals surface area contributed by atoms with Gasteiger partial charge < -0.3 is 24.8 Å². The third-order valence-corrected chi connectivity index (χ3v) is 3.72. The molecule has 0 aliphatic carbocycles. The van der Waals surface area contributed by atoms with Gasteiger partial charge in [-0.05, 0) is 27.7 Å². The van der Waals surface area contributed by atoms with Gasteiger partial charge in [0, 0.05) is 19.7 Å². The summed E-state index contributed by atoms with van der Waals surface area (Å²) in [6, 6.07) is 0. The molecule has 6 heteroatoms. The van der Waals surface area contributed by atoms with Gasteiger partial charge in [-0.3, -0.25) is 0 Å². The molecule has 0 saturated carbocycles. The third-order valence-electron chi connectivity index (χ3n) is 3.72. The molecule has 19 heavy (non-hydrogen) atoms. The predicted octanol–water partition coefficient (Wildman–Crippen LogP) is 0.751. The maximum Gasteiger partial charge on any atom is 0.501 e. The number of allylic oxidation sites excluding steroid dienone is 1. The van der Waals surface area contributed by atoms with E-state index in [4.69, 9.17) is 19.5 Å². The summed E-state index contributed by atoms with van der Waals surface area (Å²) in [7, 11) is 1.24. The number of methoxy groups -OCH3 is 1. The Bertz CT molecular complexity index is 327. The van der Waals surface area contributed by atoms with Gasteiger partial charge in [0.05, 0.1) is 36.0 Å². The van der Waals surface area contributed by atoms with Crippen molar-refractivity contribution < 1.29 is 19.4 Å². The topological polar surface area (TPSA) is 68.2 Å². The number of quaternary nitrogens is 1. The maximum atomic E-state index is 7.50. The van der Waals surface area contributed by atoms with Gasteiger partial charge in [-0.25, -0.2) is 0 Å². The first-order valence-corrected chi connectivity index (χ1v) is 6.72. The zero-order valence-electron chi connectivity index (χ0n) is 12.7. The van der Waals surface area contributed by atoms with Crippen LogP contribution in [0.1, 0.15) is 34.1 Å². The maximum absolute atomic E-state index is 7.50. The molecule has 0 atom stereocenters. The average molecular weight is 269 g/mol. The Morgan fingerprint density at radius 3 is 2.32 bits per heavy atom. The number of hydrogen-bond donors (Lipinski definition) is 2. The van der Waals surface area contributed by atoms with E-state index in [-0.39, 0.29) is 11.2 Å². The fourth-order valence-electron chi connectivity index (χ4n) is 1.74. The van der Waals surface area contributed by atoms with E-state index in [1.165, 1.54) is 6.21 Å². The molecule has 0 aromatic heterocycles. The van der Waals surface area contributed by atoms with Crippen LogP contribution in [-0.2, 0) is 14.0 Å². The lowest BCUT2D eigenvalue weighted by molar-refractivity contribution is -0.588. The second-order valence-electron chi connectivity index (χ2n) is 5.77. The summed E-state index contributed by atoms with van der Waals surface area (Å²) in [4.78, 5) is 0. The van der Waals surface area contributed by atoms with Crippen LogP contribution in [0.5, 0.6) is 0 Å². The van der Waals surface area contributed by atoms with E-state index in [9.17, 15) is 0 Å². The molecule has 108 valence electrons. The molecule has 1 fully saturated rings. The summed E-state index contributed by atoms with van der Waals surface area (Å²) in [5, 5.41) is 9.53. The van der Waals surface area contributed by atoms with Crippen LogP contribution in [0.25, 0.3) is 0 Å². The molecule has 5 nitrogen and oxygen atoms in total. The molecule has 0 spiro atoms. The SMILES string of the molecule is COCCC[NH2+]/C=C(\C=N)B1OC(C)(C)C(C)(C)O1. The third kappa shape index (κ3) is 4.14. The minimum absolute atomic E-state index is 0.365. The Morgan fingerprint density at radius 2 is 1.84 bits per heavy atom. The number of rotatable bonds is 7. The summed E-state index contributed by atoms with van der Waals surface area (Å²) in [5.41, 5.74) is 0.0158. The van der Waals surface area contributed by atoms with Crippen molar-refractivity contribution >= 4 is 13.3 Å². The lowest BCUT2D eigenvalue weighted by atomic mass is 9.79. The Hall–Kier alpha value is -0.685. The molecule has 1 saturated heterocycles. The van der Waals surface area contributed by atoms with Crippen LogP contribution in [0.2, 0.25) is 0 Å². The summed E-state index contributed by atoms with van der Waals surface area (Å²) in [5.74, 6) is 0. The van der Waals surface area contributed by atoms with E-state index in [1.54, 1.807) is 7.11 Å². The zero-order chi connectivity index (χ0) is 14.5. The monoisotopic (exact) mass is 269 g/mol. The molecule has 3 N–H and O–H groups in total. The van der Waals surface area contributed by atoms with Crippen LogP contribution in [0, 0.1) is 5.41 Å². The lowest BCUT2D eigenvalue weighted by Gasteiger charge is -2.32. The number of nitrogens with one attached hydrogen (secondary N) is 1. The fourth-order valence-corrected chi connectivity index (χ4v) is 1.74. The molecule has 1 rings (SSSR count). The van der Waals surface area contributed by atoms with E-state index in [0.29, 0.717) is 0 Å². The van der Waals surface area contributed by atoms with Gasteiger partial charge in [-0.2, -0.15) is 0 Å². The second kappa shape index (κ2) is 6.66. The highest BCUT2D eigenvalue weighted by Crippen LogP contribution is 2.37. The van der Waals surface area contributed by atoms with E-state index in [2.05, 4.69) is 0 Å². The largest absolute Gasteiger partial charge is 0.501 e. The highest BCUT2D eigenvalue weighted by molar-refractivity contribution is 6.60. The first-order valence-electron chi connectivity index (χ1n) is 6.72. The summed E-state index contributed by atoms with van der Waals surface area (Å²) in [6.07, 6.45) is 4.18. The van der Waals surface area contributed by atoms with Crippen molar-refractivity contribution in [3.63, 3.8) is 0 Å². The van der Waals surface area contributed by atoms with Crippen LogP contribution in [0.4, 0.5) is 0 Å². The first-order chi connectivity index (χ1) is 8.84. The van der Waals surface area contributed by atoms with Crippen LogP contribution in [0.15, 0.2) is 11.7 Å². The Kier molecular flexibility index (Phi) is 5.73. The Balaban J connectivity index is 2.57. The highest BCUT2D eigenvalue weighted by atomic mass is 16.7. The van der Waals surface area contributed by atoms with E-state index in [1.807, 2.05) is 39.2 Å². The quantitative estimate of drug-likeness (QED) is 0.407. The van der Waals surface area contributed by atoms with Crippen molar-refractivity contribution in [3.8, 4) is 0 Å². The highest BCUT2D eigenvalue weighted by Gasteiger charge is 2.52. The van der Waals surface area contributed by atoms with Gasteiger partial charge >= 0.3 is 7.12 Å². The lowest BCUT2D eigenvalue weighted by Crippen LogP contribution is -2.78.